The first-order chi connectivity index (χ1) is 16.0. The highest BCUT2D eigenvalue weighted by molar-refractivity contribution is 5.90. The molecule has 3 aromatic carbocycles. The van der Waals surface area contributed by atoms with Crippen LogP contribution in [-0.4, -0.2) is 22.3 Å². The first-order valence-electron chi connectivity index (χ1n) is 10.1. The molecule has 8 nitrogen and oxygen atoms in total. The van der Waals surface area contributed by atoms with E-state index in [1.165, 1.54) is 18.5 Å². The number of amides is 1. The number of aromatic nitrogens is 2. The number of halogens is 1. The zero-order chi connectivity index (χ0) is 22.8. The predicted octanol–water partition coefficient (Wildman–Crippen LogP) is 3.48. The smallest absolute Gasteiger partial charge is 0.261 e. The van der Waals surface area contributed by atoms with Crippen LogP contribution in [0.15, 0.2) is 71.8 Å². The number of nitrogens with one attached hydrogen (secondary N) is 1. The molecule has 1 amide bonds. The number of carbonyl (C=O) groups is 1. The Morgan fingerprint density at radius 3 is 2.88 bits per heavy atom. The van der Waals surface area contributed by atoms with Gasteiger partial charge in [-0.2, -0.15) is 0 Å². The zero-order valence-electron chi connectivity index (χ0n) is 17.3. The molecule has 33 heavy (non-hydrogen) atoms. The number of fused-ring (bicyclic) bond motifs is 2. The van der Waals surface area contributed by atoms with Crippen molar-refractivity contribution in [2.45, 2.75) is 13.2 Å². The highest BCUT2D eigenvalue weighted by Crippen LogP contribution is 2.35. The van der Waals surface area contributed by atoms with Gasteiger partial charge in [-0.15, -0.1) is 0 Å². The predicted molar refractivity (Wildman–Crippen MR) is 118 cm³/mol. The van der Waals surface area contributed by atoms with Crippen molar-refractivity contribution in [1.29, 1.82) is 0 Å². The summed E-state index contributed by atoms with van der Waals surface area (Å²) in [7, 11) is 0. The van der Waals surface area contributed by atoms with Gasteiger partial charge in [-0.1, -0.05) is 12.1 Å². The van der Waals surface area contributed by atoms with Gasteiger partial charge in [-0.05, 0) is 48.0 Å². The third-order valence-corrected chi connectivity index (χ3v) is 5.06. The molecule has 1 aromatic heterocycles. The Balaban J connectivity index is 1.24. The summed E-state index contributed by atoms with van der Waals surface area (Å²) >= 11 is 0. The molecule has 0 unspecified atom stereocenters. The Morgan fingerprint density at radius 2 is 1.97 bits per heavy atom. The number of carbonyl (C=O) groups excluding carboxylic acids is 1. The standard InChI is InChI=1S/C24H18FN3O5/c25-16-4-6-20-19(9-16)24(30)28(13-26-20)11-23(29)27-17-3-1-2-15(8-17)12-31-18-5-7-21-22(10-18)33-14-32-21/h1-10,13H,11-12,14H2,(H,27,29). The maximum absolute atomic E-state index is 13.5. The monoisotopic (exact) mass is 447 g/mol. The Kier molecular flexibility index (Phi) is 5.35. The van der Waals surface area contributed by atoms with Crippen LogP contribution in [0.2, 0.25) is 0 Å². The third kappa shape index (κ3) is 4.47. The fourth-order valence-electron chi connectivity index (χ4n) is 3.47. The topological polar surface area (TPSA) is 91.7 Å². The SMILES string of the molecule is O=C(Cn1cnc2ccc(F)cc2c1=O)Nc1cccc(COc2ccc3c(c2)OCO3)c1. The average Bonchev–Trinajstić information content (AvgIpc) is 3.28. The Bertz CT molecular complexity index is 1420. The van der Waals surface area contributed by atoms with Crippen LogP contribution < -0.4 is 25.1 Å². The van der Waals surface area contributed by atoms with Crippen molar-refractivity contribution < 1.29 is 23.4 Å². The summed E-state index contributed by atoms with van der Waals surface area (Å²) in [6.45, 7) is 0.220. The third-order valence-electron chi connectivity index (χ3n) is 5.06. The number of hydrogen-bond donors (Lipinski definition) is 1. The summed E-state index contributed by atoms with van der Waals surface area (Å²) < 4.78 is 31.1. The second kappa shape index (κ2) is 8.62. The van der Waals surface area contributed by atoms with Crippen molar-refractivity contribution in [3.8, 4) is 17.2 Å². The molecule has 0 fully saturated rings. The fourth-order valence-corrected chi connectivity index (χ4v) is 3.47. The largest absolute Gasteiger partial charge is 0.489 e. The molecule has 0 aliphatic carbocycles. The number of rotatable bonds is 6. The summed E-state index contributed by atoms with van der Waals surface area (Å²) in [6, 6.07) is 16.3. The summed E-state index contributed by atoms with van der Waals surface area (Å²) in [6.07, 6.45) is 1.28. The van der Waals surface area contributed by atoms with E-state index in [2.05, 4.69) is 10.3 Å². The molecule has 4 aromatic rings. The first-order valence-corrected chi connectivity index (χ1v) is 10.1. The van der Waals surface area contributed by atoms with Crippen LogP contribution in [0, 0.1) is 5.82 Å². The Labute approximate surface area is 187 Å². The van der Waals surface area contributed by atoms with Gasteiger partial charge in [-0.3, -0.25) is 14.2 Å². The summed E-state index contributed by atoms with van der Waals surface area (Å²) in [5.41, 5.74) is 1.28. The molecule has 166 valence electrons. The van der Waals surface area contributed by atoms with E-state index in [0.29, 0.717) is 28.5 Å². The fraction of sp³-hybridized carbons (Fsp3) is 0.125. The number of benzene rings is 3. The van der Waals surface area contributed by atoms with Crippen LogP contribution in [0.1, 0.15) is 5.56 Å². The maximum atomic E-state index is 13.5. The molecule has 0 radical (unpaired) electrons. The molecule has 2 heterocycles. The van der Waals surface area contributed by atoms with Crippen molar-refractivity contribution in [2.24, 2.45) is 0 Å². The lowest BCUT2D eigenvalue weighted by molar-refractivity contribution is -0.116. The molecule has 1 N–H and O–H groups in total. The minimum atomic E-state index is -0.539. The Morgan fingerprint density at radius 1 is 1.09 bits per heavy atom. The van der Waals surface area contributed by atoms with E-state index in [4.69, 9.17) is 14.2 Å². The Hall–Kier alpha value is -4.40. The molecule has 0 saturated heterocycles. The van der Waals surface area contributed by atoms with E-state index in [9.17, 15) is 14.0 Å². The van der Waals surface area contributed by atoms with E-state index < -0.39 is 17.3 Å². The minimum Gasteiger partial charge on any atom is -0.489 e. The number of anilines is 1. The van der Waals surface area contributed by atoms with Gasteiger partial charge in [0, 0.05) is 11.8 Å². The van der Waals surface area contributed by atoms with E-state index >= 15 is 0 Å². The molecule has 1 aliphatic heterocycles. The maximum Gasteiger partial charge on any atom is 0.261 e. The van der Waals surface area contributed by atoms with Crippen LogP contribution in [0.3, 0.4) is 0 Å². The second-order valence-electron chi connectivity index (χ2n) is 7.39. The average molecular weight is 447 g/mol. The molecular weight excluding hydrogens is 429 g/mol. The van der Waals surface area contributed by atoms with Gasteiger partial charge in [0.15, 0.2) is 11.5 Å². The zero-order valence-corrected chi connectivity index (χ0v) is 17.3. The first kappa shape index (κ1) is 20.5. The van der Waals surface area contributed by atoms with Crippen LogP contribution in [0.4, 0.5) is 10.1 Å². The number of ether oxygens (including phenoxy) is 3. The van der Waals surface area contributed by atoms with E-state index in [1.54, 1.807) is 36.4 Å². The lowest BCUT2D eigenvalue weighted by atomic mass is 10.2. The van der Waals surface area contributed by atoms with Crippen LogP contribution >= 0.6 is 0 Å². The van der Waals surface area contributed by atoms with E-state index in [1.807, 2.05) is 6.07 Å². The number of hydrogen-bond acceptors (Lipinski definition) is 6. The van der Waals surface area contributed by atoms with Crippen molar-refractivity contribution in [3.05, 3.63) is 88.7 Å². The normalized spacial score (nSPS) is 12.0. The molecular formula is C24H18FN3O5. The van der Waals surface area contributed by atoms with Gasteiger partial charge in [0.2, 0.25) is 12.7 Å². The van der Waals surface area contributed by atoms with Crippen molar-refractivity contribution in [1.82, 2.24) is 9.55 Å². The number of nitrogens with zero attached hydrogens (tertiary/aromatic N) is 2. The van der Waals surface area contributed by atoms with Gasteiger partial charge in [0.25, 0.3) is 5.56 Å². The van der Waals surface area contributed by atoms with Crippen molar-refractivity contribution >= 4 is 22.5 Å². The lowest BCUT2D eigenvalue weighted by Crippen LogP contribution is -2.28. The van der Waals surface area contributed by atoms with Crippen LogP contribution in [-0.2, 0) is 17.9 Å². The van der Waals surface area contributed by atoms with E-state index in [-0.39, 0.29) is 25.3 Å². The molecule has 0 atom stereocenters. The molecule has 0 saturated carbocycles. The summed E-state index contributed by atoms with van der Waals surface area (Å²) in [5.74, 6) is 0.993. The van der Waals surface area contributed by atoms with Crippen LogP contribution in [0.5, 0.6) is 17.2 Å². The van der Waals surface area contributed by atoms with E-state index in [0.717, 1.165) is 16.2 Å². The molecule has 0 spiro atoms. The highest BCUT2D eigenvalue weighted by atomic mass is 19.1. The lowest BCUT2D eigenvalue weighted by Gasteiger charge is -2.10. The van der Waals surface area contributed by atoms with Crippen molar-refractivity contribution in [3.63, 3.8) is 0 Å². The quantitative estimate of drug-likeness (QED) is 0.487. The van der Waals surface area contributed by atoms with Gasteiger partial charge < -0.3 is 19.5 Å². The van der Waals surface area contributed by atoms with Gasteiger partial charge in [0.05, 0.1) is 17.2 Å². The minimum absolute atomic E-state index is 0.118. The molecule has 1 aliphatic rings. The second-order valence-corrected chi connectivity index (χ2v) is 7.39. The van der Waals surface area contributed by atoms with Crippen molar-refractivity contribution in [2.75, 3.05) is 12.1 Å². The van der Waals surface area contributed by atoms with Gasteiger partial charge in [-0.25, -0.2) is 9.37 Å². The molecule has 0 bridgehead atoms. The summed E-state index contributed by atoms with van der Waals surface area (Å²) in [5, 5.41) is 2.88. The molecule has 5 rings (SSSR count). The molecule has 9 heteroatoms. The highest BCUT2D eigenvalue weighted by Gasteiger charge is 2.14. The van der Waals surface area contributed by atoms with Crippen LogP contribution in [0.25, 0.3) is 10.9 Å². The van der Waals surface area contributed by atoms with Gasteiger partial charge >= 0.3 is 0 Å². The summed E-state index contributed by atoms with van der Waals surface area (Å²) in [4.78, 5) is 29.2. The van der Waals surface area contributed by atoms with Gasteiger partial charge in [0.1, 0.15) is 24.7 Å².